The predicted molar refractivity (Wildman–Crippen MR) is 108 cm³/mol. The molecule has 28 heavy (non-hydrogen) atoms. The van der Waals surface area contributed by atoms with Crippen molar-refractivity contribution in [1.29, 1.82) is 0 Å². The number of H-pyrrole nitrogens is 1. The van der Waals surface area contributed by atoms with Gasteiger partial charge in [-0.15, -0.1) is 0 Å². The van der Waals surface area contributed by atoms with Crippen LogP contribution in [-0.2, 0) is 17.6 Å². The van der Waals surface area contributed by atoms with E-state index < -0.39 is 0 Å². The molecule has 1 aliphatic carbocycles. The van der Waals surface area contributed by atoms with Gasteiger partial charge in [0.25, 0.3) is 0 Å². The van der Waals surface area contributed by atoms with Crippen molar-refractivity contribution in [3.63, 3.8) is 0 Å². The van der Waals surface area contributed by atoms with Gasteiger partial charge in [-0.3, -0.25) is 4.79 Å². The third kappa shape index (κ3) is 3.21. The highest BCUT2D eigenvalue weighted by atomic mass is 16.5. The van der Waals surface area contributed by atoms with Crippen LogP contribution in [0.2, 0.25) is 0 Å². The van der Waals surface area contributed by atoms with Crippen molar-refractivity contribution in [3.8, 4) is 11.5 Å². The number of hydrogen-bond donors (Lipinski definition) is 2. The van der Waals surface area contributed by atoms with Crippen molar-refractivity contribution in [2.75, 3.05) is 13.2 Å². The number of benzene rings is 2. The maximum Gasteiger partial charge on any atom is 0.224 e. The second-order valence-electron chi connectivity index (χ2n) is 7.58. The Bertz CT molecular complexity index is 1020. The lowest BCUT2D eigenvalue weighted by Crippen LogP contribution is -2.32. The van der Waals surface area contributed by atoms with Crippen LogP contribution >= 0.6 is 0 Å². The molecule has 0 fully saturated rings. The van der Waals surface area contributed by atoms with Gasteiger partial charge in [-0.2, -0.15) is 0 Å². The number of nitrogens with one attached hydrogen (secondary N) is 2. The van der Waals surface area contributed by atoms with Crippen molar-refractivity contribution in [2.24, 2.45) is 0 Å². The van der Waals surface area contributed by atoms with Crippen LogP contribution in [0.4, 0.5) is 0 Å². The minimum atomic E-state index is 0.0333. The van der Waals surface area contributed by atoms with E-state index in [-0.39, 0.29) is 11.9 Å². The molecule has 0 spiro atoms. The third-order valence-corrected chi connectivity index (χ3v) is 5.63. The minimum absolute atomic E-state index is 0.0333. The molecule has 2 N–H and O–H groups in total. The quantitative estimate of drug-likeness (QED) is 0.724. The number of ether oxygens (including phenoxy) is 2. The van der Waals surface area contributed by atoms with Gasteiger partial charge in [0, 0.05) is 23.0 Å². The van der Waals surface area contributed by atoms with Crippen LogP contribution in [0, 0.1) is 0 Å². The zero-order valence-electron chi connectivity index (χ0n) is 15.8. The largest absolute Gasteiger partial charge is 0.490 e. The third-order valence-electron chi connectivity index (χ3n) is 5.63. The molecule has 2 aromatic carbocycles. The molecule has 0 saturated carbocycles. The molecular formula is C23H24N2O3. The SMILES string of the molecule is O=C(Cc1ccc2c(c1)OCCCO2)NC1CCCc2c1[nH]c1ccccc21. The smallest absolute Gasteiger partial charge is 0.224 e. The van der Waals surface area contributed by atoms with Gasteiger partial charge in [-0.25, -0.2) is 0 Å². The standard InChI is InChI=1S/C23H24N2O3/c26-22(14-15-9-10-20-21(13-15)28-12-4-11-27-20)24-19-8-3-6-17-16-5-1-2-7-18(16)25-23(17)19/h1-2,5,7,9-10,13,19,25H,3-4,6,8,11-12,14H2,(H,24,26). The lowest BCUT2D eigenvalue weighted by molar-refractivity contribution is -0.121. The maximum atomic E-state index is 12.7. The van der Waals surface area contributed by atoms with E-state index >= 15 is 0 Å². The first-order valence-electron chi connectivity index (χ1n) is 10.1. The molecule has 1 unspecified atom stereocenters. The summed E-state index contributed by atoms with van der Waals surface area (Å²) in [5, 5.41) is 4.51. The summed E-state index contributed by atoms with van der Waals surface area (Å²) >= 11 is 0. The predicted octanol–water partition coefficient (Wildman–Crippen LogP) is 4.07. The molecule has 1 aromatic heterocycles. The average molecular weight is 376 g/mol. The number of carbonyl (C=O) groups excluding carboxylic acids is 1. The van der Waals surface area contributed by atoms with Crippen LogP contribution in [0.5, 0.6) is 11.5 Å². The summed E-state index contributed by atoms with van der Waals surface area (Å²) < 4.78 is 11.4. The molecule has 2 aliphatic rings. The zero-order valence-corrected chi connectivity index (χ0v) is 15.8. The summed E-state index contributed by atoms with van der Waals surface area (Å²) in [6.45, 7) is 1.31. The van der Waals surface area contributed by atoms with E-state index in [1.54, 1.807) is 0 Å². The molecule has 5 heteroatoms. The molecule has 0 radical (unpaired) electrons. The molecule has 5 nitrogen and oxygen atoms in total. The Balaban J connectivity index is 1.32. The number of carbonyl (C=O) groups is 1. The minimum Gasteiger partial charge on any atom is -0.490 e. The van der Waals surface area contributed by atoms with Crippen LogP contribution < -0.4 is 14.8 Å². The summed E-state index contributed by atoms with van der Waals surface area (Å²) in [4.78, 5) is 16.3. The van der Waals surface area contributed by atoms with Gasteiger partial charge in [0.15, 0.2) is 11.5 Å². The number of para-hydroxylation sites is 1. The zero-order chi connectivity index (χ0) is 18.9. The van der Waals surface area contributed by atoms with E-state index in [2.05, 4.69) is 28.5 Å². The van der Waals surface area contributed by atoms with Gasteiger partial charge in [0.1, 0.15) is 0 Å². The molecule has 0 saturated heterocycles. The Kier molecular flexibility index (Phi) is 4.43. The second kappa shape index (κ2) is 7.23. The fourth-order valence-electron chi connectivity index (χ4n) is 4.31. The van der Waals surface area contributed by atoms with Gasteiger partial charge >= 0.3 is 0 Å². The Labute approximate surface area is 164 Å². The number of hydrogen-bond acceptors (Lipinski definition) is 3. The molecule has 0 bridgehead atoms. The Morgan fingerprint density at radius 1 is 1.07 bits per heavy atom. The van der Waals surface area contributed by atoms with Crippen molar-refractivity contribution < 1.29 is 14.3 Å². The molecule has 144 valence electrons. The van der Waals surface area contributed by atoms with Gasteiger partial charge < -0.3 is 19.8 Å². The number of amides is 1. The van der Waals surface area contributed by atoms with E-state index in [0.29, 0.717) is 19.6 Å². The summed E-state index contributed by atoms with van der Waals surface area (Å²) in [6.07, 6.45) is 4.33. The highest BCUT2D eigenvalue weighted by molar-refractivity contribution is 5.86. The fraction of sp³-hybridized carbons (Fsp3) is 0.348. The van der Waals surface area contributed by atoms with Crippen molar-refractivity contribution in [1.82, 2.24) is 10.3 Å². The molecular weight excluding hydrogens is 352 g/mol. The van der Waals surface area contributed by atoms with Crippen molar-refractivity contribution >= 4 is 16.8 Å². The Morgan fingerprint density at radius 2 is 1.93 bits per heavy atom. The van der Waals surface area contributed by atoms with Crippen LogP contribution in [0.3, 0.4) is 0 Å². The molecule has 1 aliphatic heterocycles. The lowest BCUT2D eigenvalue weighted by Gasteiger charge is -2.24. The second-order valence-corrected chi connectivity index (χ2v) is 7.58. The monoisotopic (exact) mass is 376 g/mol. The summed E-state index contributed by atoms with van der Waals surface area (Å²) in [5.74, 6) is 1.53. The number of aromatic amines is 1. The van der Waals surface area contributed by atoms with Gasteiger partial charge in [0.05, 0.1) is 25.7 Å². The van der Waals surface area contributed by atoms with Crippen LogP contribution in [-0.4, -0.2) is 24.1 Å². The van der Waals surface area contributed by atoms with Crippen molar-refractivity contribution in [2.45, 2.75) is 38.1 Å². The number of fused-ring (bicyclic) bond motifs is 4. The van der Waals surface area contributed by atoms with E-state index in [1.807, 2.05) is 24.3 Å². The van der Waals surface area contributed by atoms with Crippen LogP contribution in [0.1, 0.15) is 42.1 Å². The summed E-state index contributed by atoms with van der Waals surface area (Å²) in [5.41, 5.74) is 4.60. The van der Waals surface area contributed by atoms with Gasteiger partial charge in [-0.1, -0.05) is 24.3 Å². The maximum absolute atomic E-state index is 12.7. The molecule has 5 rings (SSSR count). The molecule has 2 heterocycles. The van der Waals surface area contributed by atoms with E-state index in [4.69, 9.17) is 9.47 Å². The van der Waals surface area contributed by atoms with E-state index in [0.717, 1.165) is 48.3 Å². The average Bonchev–Trinajstić information content (AvgIpc) is 2.93. The highest BCUT2D eigenvalue weighted by Gasteiger charge is 2.25. The lowest BCUT2D eigenvalue weighted by atomic mass is 9.91. The van der Waals surface area contributed by atoms with Gasteiger partial charge in [-0.05, 0) is 48.6 Å². The number of rotatable bonds is 3. The summed E-state index contributed by atoms with van der Waals surface area (Å²) in [7, 11) is 0. The van der Waals surface area contributed by atoms with Crippen LogP contribution in [0.15, 0.2) is 42.5 Å². The Hall–Kier alpha value is -2.95. The van der Waals surface area contributed by atoms with Crippen LogP contribution in [0.25, 0.3) is 10.9 Å². The van der Waals surface area contributed by atoms with E-state index in [1.165, 1.54) is 16.6 Å². The molecule has 1 atom stereocenters. The number of aryl methyl sites for hydroxylation is 1. The molecule has 1 amide bonds. The van der Waals surface area contributed by atoms with Crippen molar-refractivity contribution in [3.05, 3.63) is 59.3 Å². The first-order valence-corrected chi connectivity index (χ1v) is 10.1. The normalized spacial score (nSPS) is 18.4. The van der Waals surface area contributed by atoms with Gasteiger partial charge in [0.2, 0.25) is 5.91 Å². The number of aromatic nitrogens is 1. The first kappa shape index (κ1) is 17.2. The fourth-order valence-corrected chi connectivity index (χ4v) is 4.31. The Morgan fingerprint density at radius 3 is 2.86 bits per heavy atom. The first-order chi connectivity index (χ1) is 13.8. The molecule has 3 aromatic rings. The topological polar surface area (TPSA) is 63.4 Å². The summed E-state index contributed by atoms with van der Waals surface area (Å²) in [6, 6.07) is 14.2. The van der Waals surface area contributed by atoms with E-state index in [9.17, 15) is 4.79 Å². The highest BCUT2D eigenvalue weighted by Crippen LogP contribution is 2.35.